The first kappa shape index (κ1) is 24.5. The van der Waals surface area contributed by atoms with Crippen LogP contribution in [-0.2, 0) is 37.4 Å². The highest BCUT2D eigenvalue weighted by Gasteiger charge is 2.52. The van der Waals surface area contributed by atoms with Crippen LogP contribution in [0.25, 0.3) is 0 Å². The lowest BCUT2D eigenvalue weighted by Crippen LogP contribution is -2.55. The number of rotatable bonds is 5. The average molecular weight is 495 g/mol. The summed E-state index contributed by atoms with van der Waals surface area (Å²) in [5, 5.41) is 2.79. The van der Waals surface area contributed by atoms with E-state index in [1.54, 1.807) is 24.1 Å². The summed E-state index contributed by atoms with van der Waals surface area (Å²) in [5.74, 6) is -0.160. The number of ether oxygens (including phenoxy) is 2. The highest BCUT2D eigenvalue weighted by Crippen LogP contribution is 2.42. The zero-order valence-electron chi connectivity index (χ0n) is 21.2. The molecule has 0 spiro atoms. The zero-order chi connectivity index (χ0) is 26.0. The van der Waals surface area contributed by atoms with Gasteiger partial charge in [0, 0.05) is 19.8 Å². The minimum atomic E-state index is -1.26. The van der Waals surface area contributed by atoms with Crippen molar-refractivity contribution in [2.24, 2.45) is 0 Å². The van der Waals surface area contributed by atoms with Gasteiger partial charge in [-0.1, -0.05) is 78.9 Å². The van der Waals surface area contributed by atoms with Crippen LogP contribution in [0.4, 0.5) is 5.69 Å². The maximum Gasteiger partial charge on any atom is 0.260 e. The lowest BCUT2D eigenvalue weighted by molar-refractivity contribution is -0.129. The number of hydrogen-bond donors (Lipinski definition) is 1. The molecule has 2 amide bonds. The molecular weight excluding hydrogens is 464 g/mol. The van der Waals surface area contributed by atoms with Crippen LogP contribution in [0.5, 0.6) is 0 Å². The van der Waals surface area contributed by atoms with Crippen molar-refractivity contribution in [3.05, 3.63) is 125 Å². The number of methoxy groups -OCH3 is 2. The first-order chi connectivity index (χ1) is 18.0. The second-order valence-electron chi connectivity index (χ2n) is 9.21. The molecule has 0 radical (unpaired) electrons. The van der Waals surface area contributed by atoms with Gasteiger partial charge in [-0.05, 0) is 40.8 Å². The quantitative estimate of drug-likeness (QED) is 0.575. The minimum absolute atomic E-state index is 0.263. The Kier molecular flexibility index (Phi) is 6.68. The fourth-order valence-electron chi connectivity index (χ4n) is 5.53. The van der Waals surface area contributed by atoms with E-state index >= 15 is 0 Å². The largest absolute Gasteiger partial charge is 0.496 e. The summed E-state index contributed by atoms with van der Waals surface area (Å²) in [6.45, 7) is 0.394. The molecule has 3 aromatic rings. The Balaban J connectivity index is 1.69. The Labute approximate surface area is 217 Å². The number of hydrogen-bond acceptors (Lipinski definition) is 4. The van der Waals surface area contributed by atoms with E-state index in [9.17, 15) is 9.59 Å². The summed E-state index contributed by atoms with van der Waals surface area (Å²) in [6, 6.07) is 25.5. The third-order valence-electron chi connectivity index (χ3n) is 7.33. The number of carbonyl (C=O) groups is 2. The van der Waals surface area contributed by atoms with Crippen LogP contribution in [0.2, 0.25) is 0 Å². The normalized spacial score (nSPS) is 20.5. The molecule has 188 valence electrons. The van der Waals surface area contributed by atoms with E-state index in [4.69, 9.17) is 9.47 Å². The van der Waals surface area contributed by atoms with Crippen LogP contribution in [-0.4, -0.2) is 39.2 Å². The average Bonchev–Trinajstić information content (AvgIpc) is 3.12. The van der Waals surface area contributed by atoms with Gasteiger partial charge in [-0.25, -0.2) is 0 Å². The number of nitrogens with one attached hydrogen (secondary N) is 1. The highest BCUT2D eigenvalue weighted by molar-refractivity contribution is 6.09. The van der Waals surface area contributed by atoms with Gasteiger partial charge in [-0.2, -0.15) is 0 Å². The minimum Gasteiger partial charge on any atom is -0.496 e. The molecule has 1 heterocycles. The van der Waals surface area contributed by atoms with Crippen molar-refractivity contribution in [1.29, 1.82) is 0 Å². The van der Waals surface area contributed by atoms with Crippen molar-refractivity contribution in [1.82, 2.24) is 5.32 Å². The molecule has 2 unspecified atom stereocenters. The van der Waals surface area contributed by atoms with Crippen molar-refractivity contribution < 1.29 is 19.1 Å². The van der Waals surface area contributed by atoms with Gasteiger partial charge < -0.3 is 19.7 Å². The second kappa shape index (κ2) is 10.1. The summed E-state index contributed by atoms with van der Waals surface area (Å²) in [5.41, 5.74) is 3.91. The SMILES string of the molecule is CNC(=O)C1(c2ccccc2)C=CC(OC)=C(C(=O)N2Cc3ccccc3Cc3ccccc32)C1OC. The number of benzene rings is 3. The standard InChI is InChI=1S/C31H30N2O4/c1-32-30(35)31(24-14-5-4-6-15-24)18-17-26(36-2)27(28(31)37-3)29(34)33-20-23-13-8-7-11-21(23)19-22-12-9-10-16-25(22)33/h4-18,28H,19-20H2,1-3H3,(H,32,35). The molecule has 3 aromatic carbocycles. The third kappa shape index (κ3) is 4.03. The number of nitrogens with zero attached hydrogens (tertiary/aromatic N) is 1. The van der Waals surface area contributed by atoms with E-state index in [2.05, 4.69) is 23.5 Å². The van der Waals surface area contributed by atoms with Gasteiger partial charge in [-0.3, -0.25) is 9.59 Å². The van der Waals surface area contributed by atoms with Gasteiger partial charge in [0.05, 0.1) is 19.2 Å². The number of allylic oxidation sites excluding steroid dienone is 1. The molecule has 0 bridgehead atoms. The topological polar surface area (TPSA) is 67.9 Å². The Bertz CT molecular complexity index is 1400. The van der Waals surface area contributed by atoms with E-state index in [0.29, 0.717) is 17.9 Å². The van der Waals surface area contributed by atoms with Gasteiger partial charge in [0.25, 0.3) is 5.91 Å². The molecule has 0 saturated heterocycles. The predicted molar refractivity (Wildman–Crippen MR) is 143 cm³/mol. The van der Waals surface area contributed by atoms with Crippen LogP contribution in [0, 0.1) is 0 Å². The fourth-order valence-corrected chi connectivity index (χ4v) is 5.53. The Morgan fingerprint density at radius 3 is 2.22 bits per heavy atom. The van der Waals surface area contributed by atoms with E-state index in [1.165, 1.54) is 19.8 Å². The van der Waals surface area contributed by atoms with Gasteiger partial charge in [0.2, 0.25) is 5.91 Å². The Morgan fingerprint density at radius 1 is 0.892 bits per heavy atom. The molecule has 2 atom stereocenters. The van der Waals surface area contributed by atoms with E-state index < -0.39 is 11.5 Å². The number of para-hydroxylation sites is 1. The summed E-state index contributed by atoms with van der Waals surface area (Å²) in [7, 11) is 4.64. The van der Waals surface area contributed by atoms with Crippen molar-refractivity contribution in [2.45, 2.75) is 24.5 Å². The second-order valence-corrected chi connectivity index (χ2v) is 9.21. The van der Waals surface area contributed by atoms with Crippen LogP contribution >= 0.6 is 0 Å². The summed E-state index contributed by atoms with van der Waals surface area (Å²) < 4.78 is 11.7. The van der Waals surface area contributed by atoms with Crippen LogP contribution in [0.1, 0.15) is 22.3 Å². The van der Waals surface area contributed by atoms with Gasteiger partial charge in [0.1, 0.15) is 17.3 Å². The molecule has 6 heteroatoms. The first-order valence-electron chi connectivity index (χ1n) is 12.3. The monoisotopic (exact) mass is 494 g/mol. The van der Waals surface area contributed by atoms with Crippen LogP contribution in [0.15, 0.2) is 102 Å². The number of carbonyl (C=O) groups excluding carboxylic acids is 2. The summed E-state index contributed by atoms with van der Waals surface area (Å²) >= 11 is 0. The van der Waals surface area contributed by atoms with Crippen molar-refractivity contribution in [3.8, 4) is 0 Å². The zero-order valence-corrected chi connectivity index (χ0v) is 21.2. The molecule has 37 heavy (non-hydrogen) atoms. The van der Waals surface area contributed by atoms with Crippen molar-refractivity contribution in [3.63, 3.8) is 0 Å². The summed E-state index contributed by atoms with van der Waals surface area (Å²) in [4.78, 5) is 30.0. The first-order valence-corrected chi connectivity index (χ1v) is 12.3. The van der Waals surface area contributed by atoms with Gasteiger partial charge >= 0.3 is 0 Å². The number of fused-ring (bicyclic) bond motifs is 2. The Morgan fingerprint density at radius 2 is 1.54 bits per heavy atom. The summed E-state index contributed by atoms with van der Waals surface area (Å²) in [6.07, 6.45) is 3.29. The van der Waals surface area contributed by atoms with Crippen molar-refractivity contribution in [2.75, 3.05) is 26.2 Å². The molecule has 5 rings (SSSR count). The van der Waals surface area contributed by atoms with E-state index in [0.717, 1.165) is 28.8 Å². The molecule has 6 nitrogen and oxygen atoms in total. The van der Waals surface area contributed by atoms with E-state index in [1.807, 2.05) is 60.7 Å². The predicted octanol–water partition coefficient (Wildman–Crippen LogP) is 4.29. The molecule has 0 fully saturated rings. The smallest absolute Gasteiger partial charge is 0.260 e. The number of amides is 2. The lowest BCUT2D eigenvalue weighted by atomic mass is 9.69. The number of anilines is 1. The maximum atomic E-state index is 14.6. The third-order valence-corrected chi connectivity index (χ3v) is 7.33. The van der Waals surface area contributed by atoms with E-state index in [-0.39, 0.29) is 11.8 Å². The molecule has 0 saturated carbocycles. The fraction of sp³-hybridized carbons (Fsp3) is 0.226. The molecular formula is C31H30N2O4. The number of likely N-dealkylation sites (N-methyl/N-ethyl adjacent to an activating group) is 1. The van der Waals surface area contributed by atoms with Gasteiger partial charge in [0.15, 0.2) is 0 Å². The van der Waals surface area contributed by atoms with Crippen molar-refractivity contribution >= 4 is 17.5 Å². The molecule has 1 N–H and O–H groups in total. The van der Waals surface area contributed by atoms with Crippen LogP contribution < -0.4 is 10.2 Å². The highest BCUT2D eigenvalue weighted by atomic mass is 16.5. The maximum absolute atomic E-state index is 14.6. The molecule has 2 aliphatic rings. The van der Waals surface area contributed by atoms with Gasteiger partial charge in [-0.15, -0.1) is 0 Å². The molecule has 1 aliphatic carbocycles. The van der Waals surface area contributed by atoms with Crippen LogP contribution in [0.3, 0.4) is 0 Å². The molecule has 0 aromatic heterocycles. The molecule has 1 aliphatic heterocycles. The Hall–Kier alpha value is -4.16. The lowest BCUT2D eigenvalue weighted by Gasteiger charge is -2.41.